The van der Waals surface area contributed by atoms with Crippen molar-refractivity contribution in [2.75, 3.05) is 6.61 Å². The summed E-state index contributed by atoms with van der Waals surface area (Å²) in [6.45, 7) is 11.3. The topological polar surface area (TPSA) is 116 Å². The lowest BCUT2D eigenvalue weighted by atomic mass is 9.59. The molecule has 1 heterocycles. The van der Waals surface area contributed by atoms with Crippen LogP contribution in [0.15, 0.2) is 40.1 Å². The molecule has 6 rings (SSSR count). The molecule has 7 nitrogen and oxygen atoms in total. The Balaban J connectivity index is 1.45. The van der Waals surface area contributed by atoms with Crippen LogP contribution in [0.4, 0.5) is 0 Å². The number of aliphatic hydroxyl groups is 3. The minimum Gasteiger partial charge on any atom is -0.454 e. The summed E-state index contributed by atoms with van der Waals surface area (Å²) in [5.41, 5.74) is -2.35. The highest BCUT2D eigenvalue weighted by Gasteiger charge is 2.76. The number of Topliss-reactive ketones (excluding diaryl/α,β-unsaturated/α-hetero) is 1. The number of aliphatic imine (C=N–C) groups is 1. The van der Waals surface area contributed by atoms with Crippen molar-refractivity contribution in [2.24, 2.45) is 50.8 Å². The van der Waals surface area contributed by atoms with Gasteiger partial charge in [-0.15, -0.1) is 0 Å². The first-order valence-electron chi connectivity index (χ1n) is 14.2. The second-order valence-electron chi connectivity index (χ2n) is 13.7. The van der Waals surface area contributed by atoms with E-state index in [0.717, 1.165) is 24.8 Å². The fraction of sp³-hybridized carbons (Fsp3) is 0.710. The van der Waals surface area contributed by atoms with Crippen molar-refractivity contribution in [3.63, 3.8) is 0 Å². The summed E-state index contributed by atoms with van der Waals surface area (Å²) in [4.78, 5) is 33.2. The van der Waals surface area contributed by atoms with Crippen LogP contribution in [0, 0.1) is 45.8 Å². The molecule has 7 heteroatoms. The van der Waals surface area contributed by atoms with Crippen molar-refractivity contribution >= 4 is 17.5 Å². The van der Waals surface area contributed by atoms with Gasteiger partial charge in [-0.3, -0.25) is 14.6 Å². The standard InChI is InChI=1S/C31H41NO6/c1-15-11-30-16(2)9-22-23(28(22,5)6)21(25(30)35)10-20(14-33)24(34)31(30,37)26(15)38-27(36)29(12-19-7-8-19)17(3)13-32-18(29)4/h10-11,13,16,19,21-24,26,33-34,37H,7-9,12,14H2,1-6H3/t16-,21+,22-,23+,24-,26+,29?,30+,31+/m1/s1. The third-order valence-electron chi connectivity index (χ3n) is 11.5. The molecule has 0 amide bonds. The molecule has 5 aliphatic carbocycles. The molecular formula is C31H41NO6. The zero-order valence-corrected chi connectivity index (χ0v) is 23.3. The summed E-state index contributed by atoms with van der Waals surface area (Å²) in [7, 11) is 0. The maximum absolute atomic E-state index is 14.5. The summed E-state index contributed by atoms with van der Waals surface area (Å²) >= 11 is 0. The van der Waals surface area contributed by atoms with E-state index in [2.05, 4.69) is 18.8 Å². The van der Waals surface area contributed by atoms with Crippen LogP contribution in [0.2, 0.25) is 0 Å². The predicted molar refractivity (Wildman–Crippen MR) is 142 cm³/mol. The number of carbonyl (C=O) groups is 2. The molecule has 1 aliphatic heterocycles. The van der Waals surface area contributed by atoms with Gasteiger partial charge in [0.2, 0.25) is 0 Å². The van der Waals surface area contributed by atoms with Crippen LogP contribution in [0.3, 0.4) is 0 Å². The zero-order chi connectivity index (χ0) is 27.6. The predicted octanol–water partition coefficient (Wildman–Crippen LogP) is 3.53. The van der Waals surface area contributed by atoms with E-state index < -0.39 is 47.1 Å². The average molecular weight is 524 g/mol. The number of esters is 1. The normalized spacial score (nSPS) is 46.6. The molecule has 38 heavy (non-hydrogen) atoms. The van der Waals surface area contributed by atoms with Gasteiger partial charge in [0, 0.05) is 17.8 Å². The molecule has 206 valence electrons. The Labute approximate surface area is 224 Å². The van der Waals surface area contributed by atoms with Crippen LogP contribution < -0.4 is 0 Å². The monoisotopic (exact) mass is 523 g/mol. The molecule has 6 aliphatic rings. The first-order chi connectivity index (χ1) is 17.8. The molecule has 0 aromatic heterocycles. The minimum absolute atomic E-state index is 0.0394. The van der Waals surface area contributed by atoms with Crippen molar-refractivity contribution in [1.82, 2.24) is 0 Å². The molecule has 0 saturated heterocycles. The van der Waals surface area contributed by atoms with Crippen molar-refractivity contribution in [3.05, 3.63) is 35.1 Å². The van der Waals surface area contributed by atoms with Gasteiger partial charge in [-0.1, -0.05) is 45.8 Å². The van der Waals surface area contributed by atoms with Crippen LogP contribution >= 0.6 is 0 Å². The van der Waals surface area contributed by atoms with Gasteiger partial charge >= 0.3 is 5.97 Å². The number of fused-ring (bicyclic) bond motifs is 3. The van der Waals surface area contributed by atoms with Crippen molar-refractivity contribution in [2.45, 2.75) is 85.0 Å². The number of allylic oxidation sites excluding steroid dienone is 1. The summed E-state index contributed by atoms with van der Waals surface area (Å²) in [5, 5.41) is 34.8. The van der Waals surface area contributed by atoms with Gasteiger partial charge in [-0.25, -0.2) is 0 Å². The Morgan fingerprint density at radius 3 is 2.47 bits per heavy atom. The van der Waals surface area contributed by atoms with Gasteiger partial charge in [0.15, 0.2) is 17.5 Å². The van der Waals surface area contributed by atoms with E-state index >= 15 is 0 Å². The number of hydrogen-bond acceptors (Lipinski definition) is 7. The van der Waals surface area contributed by atoms with E-state index in [4.69, 9.17) is 4.74 Å². The Hall–Kier alpha value is -2.09. The minimum atomic E-state index is -2.13. The van der Waals surface area contributed by atoms with Gasteiger partial charge < -0.3 is 20.1 Å². The van der Waals surface area contributed by atoms with Crippen LogP contribution in [0.25, 0.3) is 0 Å². The van der Waals surface area contributed by atoms with Crippen LogP contribution in [0.5, 0.6) is 0 Å². The Morgan fingerprint density at radius 1 is 1.21 bits per heavy atom. The van der Waals surface area contributed by atoms with Crippen molar-refractivity contribution < 1.29 is 29.6 Å². The number of carbonyl (C=O) groups excluding carboxylic acids is 2. The number of rotatable bonds is 5. The summed E-state index contributed by atoms with van der Waals surface area (Å²) < 4.78 is 6.27. The lowest BCUT2D eigenvalue weighted by molar-refractivity contribution is -0.206. The molecule has 2 bridgehead atoms. The fourth-order valence-electron chi connectivity index (χ4n) is 8.96. The highest BCUT2D eigenvalue weighted by Crippen LogP contribution is 2.71. The van der Waals surface area contributed by atoms with Gasteiger partial charge in [0.1, 0.15) is 11.5 Å². The lowest BCUT2D eigenvalue weighted by Gasteiger charge is -2.49. The van der Waals surface area contributed by atoms with Gasteiger partial charge in [-0.2, -0.15) is 0 Å². The Morgan fingerprint density at radius 2 is 1.89 bits per heavy atom. The number of hydrogen-bond donors (Lipinski definition) is 3. The molecule has 1 unspecified atom stereocenters. The maximum Gasteiger partial charge on any atom is 0.322 e. The molecule has 3 fully saturated rings. The molecule has 9 atom stereocenters. The molecule has 3 N–H and O–H groups in total. The average Bonchev–Trinajstić information content (AvgIpc) is 3.74. The van der Waals surface area contributed by atoms with E-state index in [-0.39, 0.29) is 28.6 Å². The third kappa shape index (κ3) is 2.99. The Bertz CT molecular complexity index is 1220. The van der Waals surface area contributed by atoms with E-state index in [1.807, 2.05) is 20.8 Å². The van der Waals surface area contributed by atoms with Gasteiger partial charge in [-0.05, 0) is 79.4 Å². The molecule has 3 saturated carbocycles. The second kappa shape index (κ2) is 7.98. The SMILES string of the molecule is CC1=C[C@]23C(=O)[C@@H](C=C(CO)[C@@H](O)[C@]2(O)[C@H]1OC(=O)C1(CC2CC2)C(C)=CN=C1C)[C@H]1[C@@H](C[C@H]3C)C1(C)C. The Kier molecular flexibility index (Phi) is 5.49. The van der Waals surface area contributed by atoms with Crippen LogP contribution in [0.1, 0.15) is 67.2 Å². The summed E-state index contributed by atoms with van der Waals surface area (Å²) in [6, 6.07) is 0. The number of aliphatic hydroxyl groups excluding tert-OH is 2. The van der Waals surface area contributed by atoms with E-state index in [9.17, 15) is 24.9 Å². The van der Waals surface area contributed by atoms with E-state index in [0.29, 0.717) is 29.5 Å². The number of ether oxygens (including phenoxy) is 1. The smallest absolute Gasteiger partial charge is 0.322 e. The zero-order valence-electron chi connectivity index (χ0n) is 23.3. The molecular weight excluding hydrogens is 482 g/mol. The van der Waals surface area contributed by atoms with Crippen LogP contribution in [-0.2, 0) is 14.3 Å². The van der Waals surface area contributed by atoms with E-state index in [1.165, 1.54) is 0 Å². The first kappa shape index (κ1) is 26.1. The van der Waals surface area contributed by atoms with Crippen molar-refractivity contribution in [3.8, 4) is 0 Å². The fourth-order valence-corrected chi connectivity index (χ4v) is 8.96. The van der Waals surface area contributed by atoms with Gasteiger partial charge in [0.25, 0.3) is 0 Å². The molecule has 0 radical (unpaired) electrons. The summed E-state index contributed by atoms with van der Waals surface area (Å²) in [6.07, 6.45) is 5.84. The lowest BCUT2D eigenvalue weighted by Crippen LogP contribution is -2.66. The third-order valence-corrected chi connectivity index (χ3v) is 11.5. The molecule has 0 aromatic carbocycles. The largest absolute Gasteiger partial charge is 0.454 e. The molecule has 0 aromatic rings. The van der Waals surface area contributed by atoms with Crippen LogP contribution in [-0.4, -0.2) is 57.2 Å². The van der Waals surface area contributed by atoms with Crippen molar-refractivity contribution in [1.29, 1.82) is 0 Å². The first-order valence-corrected chi connectivity index (χ1v) is 14.2. The quantitative estimate of drug-likeness (QED) is 0.375. The highest BCUT2D eigenvalue weighted by molar-refractivity contribution is 6.10. The number of ketones is 1. The highest BCUT2D eigenvalue weighted by atomic mass is 16.6. The van der Waals surface area contributed by atoms with Gasteiger partial charge in [0.05, 0.1) is 12.0 Å². The second-order valence-corrected chi connectivity index (χ2v) is 13.7. The number of nitrogens with zero attached hydrogens (tertiary/aromatic N) is 1. The summed E-state index contributed by atoms with van der Waals surface area (Å²) in [5.74, 6) is -0.682. The molecule has 1 spiro atoms. The maximum atomic E-state index is 14.5. The van der Waals surface area contributed by atoms with E-state index in [1.54, 1.807) is 25.3 Å².